The lowest BCUT2D eigenvalue weighted by Gasteiger charge is -2.31. The fourth-order valence-electron chi connectivity index (χ4n) is 2.60. The Hall–Kier alpha value is -1.06. The van der Waals surface area contributed by atoms with Crippen molar-refractivity contribution in [1.82, 2.24) is 5.32 Å². The van der Waals surface area contributed by atoms with Crippen LogP contribution in [0.25, 0.3) is 0 Å². The number of hydrogen-bond acceptors (Lipinski definition) is 3. The molecule has 1 saturated carbocycles. The first kappa shape index (κ1) is 12.9. The molecule has 1 aliphatic carbocycles. The van der Waals surface area contributed by atoms with Crippen LogP contribution >= 0.6 is 0 Å². The second-order valence-electron chi connectivity index (χ2n) is 5.58. The molecule has 1 aliphatic heterocycles. The summed E-state index contributed by atoms with van der Waals surface area (Å²) in [4.78, 5) is 0. The molecule has 0 amide bonds. The number of nitrogens with one attached hydrogen (secondary N) is 1. The van der Waals surface area contributed by atoms with E-state index in [0.29, 0.717) is 6.10 Å². The lowest BCUT2D eigenvalue weighted by atomic mass is 10.1. The minimum Gasteiger partial charge on any atom is -0.494 e. The van der Waals surface area contributed by atoms with Crippen LogP contribution in [0.4, 0.5) is 0 Å². The normalized spacial score (nSPS) is 27.2. The smallest absolute Gasteiger partial charge is 0.119 e. The molecule has 1 saturated heterocycles. The average Bonchev–Trinajstić information content (AvgIpc) is 3.30. The van der Waals surface area contributed by atoms with E-state index in [-0.39, 0.29) is 6.10 Å². The lowest BCUT2D eigenvalue weighted by molar-refractivity contribution is -0.0493. The fraction of sp³-hybridized carbons (Fsp3) is 0.625. The third kappa shape index (κ3) is 3.28. The van der Waals surface area contributed by atoms with Gasteiger partial charge in [-0.25, -0.2) is 0 Å². The highest BCUT2D eigenvalue weighted by molar-refractivity contribution is 5.29. The molecule has 2 atom stereocenters. The van der Waals surface area contributed by atoms with Crippen molar-refractivity contribution in [1.29, 1.82) is 0 Å². The van der Waals surface area contributed by atoms with Gasteiger partial charge in [0.2, 0.25) is 0 Å². The average molecular weight is 261 g/mol. The van der Waals surface area contributed by atoms with Crippen molar-refractivity contribution < 1.29 is 9.47 Å². The SMILES string of the molecule is CCCOc1ccc(C2CNCC(C3CC3)O2)cc1. The van der Waals surface area contributed by atoms with Gasteiger partial charge in [-0.05, 0) is 42.9 Å². The highest BCUT2D eigenvalue weighted by atomic mass is 16.5. The van der Waals surface area contributed by atoms with Gasteiger partial charge >= 0.3 is 0 Å². The zero-order valence-corrected chi connectivity index (χ0v) is 11.6. The molecule has 2 aliphatic rings. The maximum absolute atomic E-state index is 6.21. The van der Waals surface area contributed by atoms with Crippen LogP contribution in [-0.4, -0.2) is 25.8 Å². The van der Waals surface area contributed by atoms with E-state index in [4.69, 9.17) is 9.47 Å². The topological polar surface area (TPSA) is 30.5 Å². The first-order chi connectivity index (χ1) is 9.36. The summed E-state index contributed by atoms with van der Waals surface area (Å²) in [5.74, 6) is 1.75. The van der Waals surface area contributed by atoms with Crippen LogP contribution < -0.4 is 10.1 Å². The van der Waals surface area contributed by atoms with Crippen LogP contribution in [0.15, 0.2) is 24.3 Å². The zero-order chi connectivity index (χ0) is 13.1. The van der Waals surface area contributed by atoms with Gasteiger partial charge in [0.15, 0.2) is 0 Å². The van der Waals surface area contributed by atoms with E-state index in [1.807, 2.05) is 0 Å². The molecule has 2 unspecified atom stereocenters. The van der Waals surface area contributed by atoms with Crippen molar-refractivity contribution in [2.45, 2.75) is 38.4 Å². The van der Waals surface area contributed by atoms with Gasteiger partial charge in [-0.3, -0.25) is 0 Å². The Morgan fingerprint density at radius 2 is 2.00 bits per heavy atom. The van der Waals surface area contributed by atoms with E-state index >= 15 is 0 Å². The quantitative estimate of drug-likeness (QED) is 0.884. The van der Waals surface area contributed by atoms with Crippen molar-refractivity contribution in [3.63, 3.8) is 0 Å². The van der Waals surface area contributed by atoms with Crippen LogP contribution in [0.2, 0.25) is 0 Å². The van der Waals surface area contributed by atoms with Gasteiger partial charge < -0.3 is 14.8 Å². The van der Waals surface area contributed by atoms with Crippen LogP contribution in [0, 0.1) is 5.92 Å². The van der Waals surface area contributed by atoms with E-state index < -0.39 is 0 Å². The Morgan fingerprint density at radius 1 is 1.21 bits per heavy atom. The molecular formula is C16H23NO2. The monoisotopic (exact) mass is 261 g/mol. The van der Waals surface area contributed by atoms with Crippen LogP contribution in [0.3, 0.4) is 0 Å². The Morgan fingerprint density at radius 3 is 2.68 bits per heavy atom. The molecule has 1 heterocycles. The number of benzene rings is 1. The first-order valence-corrected chi connectivity index (χ1v) is 7.45. The Labute approximate surface area is 115 Å². The second kappa shape index (κ2) is 5.93. The fourth-order valence-corrected chi connectivity index (χ4v) is 2.60. The Bertz CT molecular complexity index is 400. The molecule has 1 aromatic carbocycles. The third-order valence-corrected chi connectivity index (χ3v) is 3.89. The predicted octanol–water partition coefficient (Wildman–Crippen LogP) is 2.91. The summed E-state index contributed by atoms with van der Waals surface area (Å²) in [5.41, 5.74) is 1.25. The molecule has 104 valence electrons. The summed E-state index contributed by atoms with van der Waals surface area (Å²) < 4.78 is 11.8. The van der Waals surface area contributed by atoms with Gasteiger partial charge in [0.1, 0.15) is 5.75 Å². The second-order valence-corrected chi connectivity index (χ2v) is 5.58. The minimum absolute atomic E-state index is 0.194. The summed E-state index contributed by atoms with van der Waals surface area (Å²) >= 11 is 0. The van der Waals surface area contributed by atoms with E-state index in [0.717, 1.165) is 37.8 Å². The highest BCUT2D eigenvalue weighted by Gasteiger charge is 2.35. The lowest BCUT2D eigenvalue weighted by Crippen LogP contribution is -2.41. The summed E-state index contributed by atoms with van der Waals surface area (Å²) in [6.45, 7) is 4.83. The van der Waals surface area contributed by atoms with Crippen molar-refractivity contribution in [2.75, 3.05) is 19.7 Å². The van der Waals surface area contributed by atoms with Gasteiger partial charge in [-0.1, -0.05) is 19.1 Å². The molecule has 3 nitrogen and oxygen atoms in total. The summed E-state index contributed by atoms with van der Waals surface area (Å²) in [6, 6.07) is 8.36. The van der Waals surface area contributed by atoms with Gasteiger partial charge in [-0.15, -0.1) is 0 Å². The number of morpholine rings is 1. The van der Waals surface area contributed by atoms with Crippen molar-refractivity contribution in [3.8, 4) is 5.75 Å². The van der Waals surface area contributed by atoms with Gasteiger partial charge in [0.25, 0.3) is 0 Å². The molecule has 1 N–H and O–H groups in total. The van der Waals surface area contributed by atoms with Crippen LogP contribution in [-0.2, 0) is 4.74 Å². The molecular weight excluding hydrogens is 238 g/mol. The molecule has 0 spiro atoms. The zero-order valence-electron chi connectivity index (χ0n) is 11.6. The van der Waals surface area contributed by atoms with E-state index in [1.54, 1.807) is 0 Å². The van der Waals surface area contributed by atoms with E-state index in [1.165, 1.54) is 18.4 Å². The molecule has 0 aromatic heterocycles. The molecule has 0 radical (unpaired) electrons. The highest BCUT2D eigenvalue weighted by Crippen LogP contribution is 2.37. The van der Waals surface area contributed by atoms with Gasteiger partial charge in [0.05, 0.1) is 18.8 Å². The largest absolute Gasteiger partial charge is 0.494 e. The minimum atomic E-state index is 0.194. The first-order valence-electron chi connectivity index (χ1n) is 7.45. The van der Waals surface area contributed by atoms with E-state index in [9.17, 15) is 0 Å². The van der Waals surface area contributed by atoms with Gasteiger partial charge in [-0.2, -0.15) is 0 Å². The van der Waals surface area contributed by atoms with Crippen molar-refractivity contribution in [3.05, 3.63) is 29.8 Å². The van der Waals surface area contributed by atoms with Crippen LogP contribution in [0.5, 0.6) is 5.75 Å². The van der Waals surface area contributed by atoms with Crippen molar-refractivity contribution >= 4 is 0 Å². The standard InChI is InChI=1S/C16H23NO2/c1-2-9-18-14-7-5-13(6-8-14)16-11-17-10-15(19-16)12-3-4-12/h5-8,12,15-17H,2-4,9-11H2,1H3. The molecule has 2 fully saturated rings. The van der Waals surface area contributed by atoms with Crippen LogP contribution in [0.1, 0.15) is 37.9 Å². The summed E-state index contributed by atoms with van der Waals surface area (Å²) in [6.07, 6.45) is 4.32. The predicted molar refractivity (Wildman–Crippen MR) is 75.4 cm³/mol. The molecule has 19 heavy (non-hydrogen) atoms. The molecule has 3 rings (SSSR count). The number of ether oxygens (including phenoxy) is 2. The molecule has 3 heteroatoms. The third-order valence-electron chi connectivity index (χ3n) is 3.89. The summed E-state index contributed by atoms with van der Waals surface area (Å²) in [5, 5.41) is 3.50. The van der Waals surface area contributed by atoms with E-state index in [2.05, 4.69) is 36.5 Å². The maximum Gasteiger partial charge on any atom is 0.119 e. The van der Waals surface area contributed by atoms with Gasteiger partial charge in [0, 0.05) is 13.1 Å². The van der Waals surface area contributed by atoms with Crippen molar-refractivity contribution in [2.24, 2.45) is 5.92 Å². The Kier molecular flexibility index (Phi) is 4.04. The molecule has 1 aromatic rings. The number of rotatable bonds is 5. The maximum atomic E-state index is 6.21. The molecule has 0 bridgehead atoms. The summed E-state index contributed by atoms with van der Waals surface area (Å²) in [7, 11) is 0. The number of hydrogen-bond donors (Lipinski definition) is 1. The Balaban J connectivity index is 1.61.